The van der Waals surface area contributed by atoms with Gasteiger partial charge in [0.1, 0.15) is 0 Å². The lowest BCUT2D eigenvalue weighted by molar-refractivity contribution is -0.384. The average Bonchev–Trinajstić information content (AvgIpc) is 2.96. The van der Waals surface area contributed by atoms with Crippen molar-refractivity contribution in [1.82, 2.24) is 0 Å². The molecule has 0 fully saturated rings. The lowest BCUT2D eigenvalue weighted by Crippen LogP contribution is -1.99. The number of nitro groups is 1. The maximum absolute atomic E-state index is 10.9. The van der Waals surface area contributed by atoms with Crippen LogP contribution in [0.1, 0.15) is 27.3 Å². The van der Waals surface area contributed by atoms with E-state index in [-0.39, 0.29) is 10.6 Å². The van der Waals surface area contributed by atoms with E-state index in [1.165, 1.54) is 34.6 Å². The topological polar surface area (TPSA) is 55.2 Å². The van der Waals surface area contributed by atoms with Crippen molar-refractivity contribution < 1.29 is 4.92 Å². The number of aryl methyl sites for hydroxylation is 3. The maximum Gasteiger partial charge on any atom is 0.271 e. The van der Waals surface area contributed by atoms with Gasteiger partial charge in [0, 0.05) is 34.1 Å². The van der Waals surface area contributed by atoms with E-state index < -0.39 is 0 Å². The number of hydrogen-bond donors (Lipinski definition) is 1. The number of benzene rings is 1. The summed E-state index contributed by atoms with van der Waals surface area (Å²) in [6.45, 7) is 2.61. The van der Waals surface area contributed by atoms with Gasteiger partial charge in [-0.15, -0.1) is 11.3 Å². The van der Waals surface area contributed by atoms with E-state index in [1.54, 1.807) is 12.1 Å². The van der Waals surface area contributed by atoms with Crippen LogP contribution < -0.4 is 5.32 Å². The highest BCUT2D eigenvalue weighted by molar-refractivity contribution is 7.12. The third-order valence-electron chi connectivity index (χ3n) is 3.54. The minimum atomic E-state index is -0.349. The van der Waals surface area contributed by atoms with Crippen molar-refractivity contribution in [3.8, 4) is 0 Å². The SMILES string of the molecule is Cc1cc(NCc2cc3c(s2)CCC3)cc([N+](=O)[O-])c1. The minimum Gasteiger partial charge on any atom is -0.380 e. The highest BCUT2D eigenvalue weighted by Crippen LogP contribution is 2.31. The largest absolute Gasteiger partial charge is 0.380 e. The molecule has 0 unspecified atom stereocenters. The van der Waals surface area contributed by atoms with Crippen LogP contribution in [-0.4, -0.2) is 4.92 Å². The smallest absolute Gasteiger partial charge is 0.271 e. The van der Waals surface area contributed by atoms with E-state index in [1.807, 2.05) is 24.3 Å². The molecular weight excluding hydrogens is 272 g/mol. The van der Waals surface area contributed by atoms with Gasteiger partial charge in [-0.2, -0.15) is 0 Å². The van der Waals surface area contributed by atoms with Gasteiger partial charge in [-0.25, -0.2) is 0 Å². The summed E-state index contributed by atoms with van der Waals surface area (Å²) in [5.74, 6) is 0. The molecule has 1 aromatic carbocycles. The van der Waals surface area contributed by atoms with Crippen LogP contribution >= 0.6 is 11.3 Å². The zero-order valence-electron chi connectivity index (χ0n) is 11.3. The second-order valence-corrected chi connectivity index (χ2v) is 6.40. The van der Waals surface area contributed by atoms with E-state index >= 15 is 0 Å². The number of hydrogen-bond acceptors (Lipinski definition) is 4. The van der Waals surface area contributed by atoms with Crippen LogP contribution in [0.2, 0.25) is 0 Å². The zero-order chi connectivity index (χ0) is 14.1. The molecule has 2 aromatic rings. The van der Waals surface area contributed by atoms with Crippen molar-refractivity contribution >= 4 is 22.7 Å². The van der Waals surface area contributed by atoms with Crippen LogP contribution in [0.4, 0.5) is 11.4 Å². The Morgan fingerprint density at radius 1 is 1.30 bits per heavy atom. The number of nitro benzene ring substituents is 1. The molecule has 0 radical (unpaired) electrons. The monoisotopic (exact) mass is 288 g/mol. The average molecular weight is 288 g/mol. The van der Waals surface area contributed by atoms with Crippen molar-refractivity contribution in [1.29, 1.82) is 0 Å². The second-order valence-electron chi connectivity index (χ2n) is 5.18. The quantitative estimate of drug-likeness (QED) is 0.681. The van der Waals surface area contributed by atoms with E-state index in [2.05, 4.69) is 11.4 Å². The van der Waals surface area contributed by atoms with Crippen molar-refractivity contribution in [2.24, 2.45) is 0 Å². The molecule has 1 aliphatic carbocycles. The lowest BCUT2D eigenvalue weighted by Gasteiger charge is -2.06. The highest BCUT2D eigenvalue weighted by atomic mass is 32.1. The van der Waals surface area contributed by atoms with Crippen molar-refractivity contribution in [3.63, 3.8) is 0 Å². The second kappa shape index (κ2) is 5.25. The van der Waals surface area contributed by atoms with Gasteiger partial charge in [0.25, 0.3) is 5.69 Å². The molecule has 5 heteroatoms. The molecule has 0 spiro atoms. The first-order chi connectivity index (χ1) is 9.61. The summed E-state index contributed by atoms with van der Waals surface area (Å²) in [6, 6.07) is 7.39. The number of nitrogens with one attached hydrogen (secondary N) is 1. The molecule has 4 nitrogen and oxygen atoms in total. The Morgan fingerprint density at radius 2 is 2.15 bits per heavy atom. The molecule has 0 saturated heterocycles. The van der Waals surface area contributed by atoms with Gasteiger partial charge in [0.15, 0.2) is 0 Å². The fourth-order valence-electron chi connectivity index (χ4n) is 2.64. The number of nitrogens with zero attached hydrogens (tertiary/aromatic N) is 1. The predicted octanol–water partition coefficient (Wildman–Crippen LogP) is 4.07. The van der Waals surface area contributed by atoms with Crippen LogP contribution in [-0.2, 0) is 19.4 Å². The molecule has 1 aliphatic rings. The summed E-state index contributed by atoms with van der Waals surface area (Å²) >= 11 is 1.86. The molecule has 1 N–H and O–H groups in total. The highest BCUT2D eigenvalue weighted by Gasteiger charge is 2.14. The van der Waals surface area contributed by atoms with Crippen LogP contribution in [0.5, 0.6) is 0 Å². The molecule has 3 rings (SSSR count). The zero-order valence-corrected chi connectivity index (χ0v) is 12.1. The van der Waals surface area contributed by atoms with Crippen LogP contribution in [0.15, 0.2) is 24.3 Å². The summed E-state index contributed by atoms with van der Waals surface area (Å²) in [5.41, 5.74) is 3.34. The van der Waals surface area contributed by atoms with Crippen molar-refractivity contribution in [2.45, 2.75) is 32.7 Å². The molecule has 0 bridgehead atoms. The first-order valence-corrected chi connectivity index (χ1v) is 7.54. The molecule has 104 valence electrons. The molecule has 1 heterocycles. The van der Waals surface area contributed by atoms with Gasteiger partial charge in [-0.05, 0) is 49.4 Å². The minimum absolute atomic E-state index is 0.140. The van der Waals surface area contributed by atoms with Crippen LogP contribution in [0.3, 0.4) is 0 Å². The molecular formula is C15H16N2O2S. The van der Waals surface area contributed by atoms with Crippen LogP contribution in [0.25, 0.3) is 0 Å². The number of anilines is 1. The molecule has 0 saturated carbocycles. The molecule has 1 aromatic heterocycles. The van der Waals surface area contributed by atoms with E-state index in [9.17, 15) is 10.1 Å². The Kier molecular flexibility index (Phi) is 3.44. The summed E-state index contributed by atoms with van der Waals surface area (Å²) in [4.78, 5) is 13.3. The Bertz CT molecular complexity index is 642. The van der Waals surface area contributed by atoms with Crippen LogP contribution in [0, 0.1) is 17.0 Å². The molecule has 0 aliphatic heterocycles. The standard InChI is InChI=1S/C15H16N2O2S/c1-10-5-12(8-13(6-10)17(18)19)16-9-14-7-11-3-2-4-15(11)20-14/h5-8,16H,2-4,9H2,1H3. The summed E-state index contributed by atoms with van der Waals surface area (Å²) in [7, 11) is 0. The van der Waals surface area contributed by atoms with Gasteiger partial charge in [0.05, 0.1) is 4.92 Å². The van der Waals surface area contributed by atoms with E-state index in [4.69, 9.17) is 0 Å². The fourth-order valence-corrected chi connectivity index (χ4v) is 3.84. The normalized spacial score (nSPS) is 13.2. The maximum atomic E-state index is 10.9. The van der Waals surface area contributed by atoms with Gasteiger partial charge in [-0.3, -0.25) is 10.1 Å². The Labute approximate surface area is 121 Å². The van der Waals surface area contributed by atoms with E-state index in [0.29, 0.717) is 0 Å². The first kappa shape index (κ1) is 13.1. The lowest BCUT2D eigenvalue weighted by atomic mass is 10.2. The fraction of sp³-hybridized carbons (Fsp3) is 0.333. The third-order valence-corrected chi connectivity index (χ3v) is 4.77. The van der Waals surface area contributed by atoms with Gasteiger partial charge in [0.2, 0.25) is 0 Å². The number of fused-ring (bicyclic) bond motifs is 1. The molecule has 0 amide bonds. The van der Waals surface area contributed by atoms with Crippen molar-refractivity contribution in [3.05, 3.63) is 55.3 Å². The Hall–Kier alpha value is -1.88. The third kappa shape index (κ3) is 2.67. The van der Waals surface area contributed by atoms with Gasteiger partial charge in [-0.1, -0.05) is 0 Å². The predicted molar refractivity (Wildman–Crippen MR) is 81.5 cm³/mol. The first-order valence-electron chi connectivity index (χ1n) is 6.72. The van der Waals surface area contributed by atoms with E-state index in [0.717, 1.165) is 17.8 Å². The summed E-state index contributed by atoms with van der Waals surface area (Å²) in [5, 5.41) is 14.1. The molecule has 20 heavy (non-hydrogen) atoms. The Balaban J connectivity index is 1.72. The summed E-state index contributed by atoms with van der Waals surface area (Å²) in [6.07, 6.45) is 3.68. The number of rotatable bonds is 4. The van der Waals surface area contributed by atoms with Gasteiger partial charge < -0.3 is 5.32 Å². The summed E-state index contributed by atoms with van der Waals surface area (Å²) < 4.78 is 0. The van der Waals surface area contributed by atoms with Crippen molar-refractivity contribution in [2.75, 3.05) is 5.32 Å². The number of thiophene rings is 1. The Morgan fingerprint density at radius 3 is 2.90 bits per heavy atom. The molecule has 0 atom stereocenters. The number of non-ortho nitro benzene ring substituents is 1. The van der Waals surface area contributed by atoms with Gasteiger partial charge >= 0.3 is 0 Å².